The van der Waals surface area contributed by atoms with E-state index in [1.54, 1.807) is 0 Å². The second-order valence-electron chi connectivity index (χ2n) is 3.15. The second kappa shape index (κ2) is 3.14. The lowest BCUT2D eigenvalue weighted by atomic mass is 10.1. The SMILES string of the molecule is CC(=O)c1ccc(O)c2cc(C#N)oc12. The highest BCUT2D eigenvalue weighted by Gasteiger charge is 2.14. The number of phenolic OH excluding ortho intramolecular Hbond substituents is 1. The Hall–Kier alpha value is -2.28. The van der Waals surface area contributed by atoms with E-state index in [1.807, 2.05) is 6.07 Å². The molecule has 0 bridgehead atoms. The van der Waals surface area contributed by atoms with E-state index in [4.69, 9.17) is 9.68 Å². The molecule has 0 atom stereocenters. The maximum atomic E-state index is 11.2. The summed E-state index contributed by atoms with van der Waals surface area (Å²) >= 11 is 0. The first-order chi connectivity index (χ1) is 7.13. The van der Waals surface area contributed by atoms with Gasteiger partial charge in [-0.3, -0.25) is 4.79 Å². The number of furan rings is 1. The van der Waals surface area contributed by atoms with Crippen molar-refractivity contribution in [1.82, 2.24) is 0 Å². The Balaban J connectivity index is 2.87. The lowest BCUT2D eigenvalue weighted by Gasteiger charge is -1.98. The van der Waals surface area contributed by atoms with E-state index in [-0.39, 0.29) is 22.9 Å². The number of phenols is 1. The van der Waals surface area contributed by atoms with Crippen LogP contribution in [-0.2, 0) is 0 Å². The van der Waals surface area contributed by atoms with E-state index in [1.165, 1.54) is 25.1 Å². The van der Waals surface area contributed by atoms with Crippen molar-refractivity contribution in [2.24, 2.45) is 0 Å². The van der Waals surface area contributed by atoms with Crippen molar-refractivity contribution in [2.45, 2.75) is 6.92 Å². The molecule has 0 aliphatic carbocycles. The van der Waals surface area contributed by atoms with Gasteiger partial charge in [-0.15, -0.1) is 0 Å². The summed E-state index contributed by atoms with van der Waals surface area (Å²) in [5.41, 5.74) is 0.628. The van der Waals surface area contributed by atoms with Gasteiger partial charge in [-0.2, -0.15) is 5.26 Å². The summed E-state index contributed by atoms with van der Waals surface area (Å²) in [6.07, 6.45) is 0. The van der Waals surface area contributed by atoms with Crippen molar-refractivity contribution >= 4 is 16.8 Å². The van der Waals surface area contributed by atoms with Gasteiger partial charge < -0.3 is 9.52 Å². The van der Waals surface area contributed by atoms with Crippen molar-refractivity contribution in [3.8, 4) is 11.8 Å². The largest absolute Gasteiger partial charge is 0.507 e. The van der Waals surface area contributed by atoms with Crippen LogP contribution in [0.25, 0.3) is 11.0 Å². The minimum Gasteiger partial charge on any atom is -0.507 e. The van der Waals surface area contributed by atoms with Gasteiger partial charge in [0.25, 0.3) is 0 Å². The molecule has 4 heteroatoms. The zero-order valence-corrected chi connectivity index (χ0v) is 7.94. The highest BCUT2D eigenvalue weighted by atomic mass is 16.3. The molecule has 1 heterocycles. The molecule has 0 aliphatic rings. The van der Waals surface area contributed by atoms with Gasteiger partial charge in [0.15, 0.2) is 5.78 Å². The van der Waals surface area contributed by atoms with Gasteiger partial charge in [0.1, 0.15) is 17.4 Å². The van der Waals surface area contributed by atoms with Gasteiger partial charge in [-0.25, -0.2) is 0 Å². The molecule has 2 aromatic rings. The van der Waals surface area contributed by atoms with Crippen LogP contribution < -0.4 is 0 Å². The molecule has 0 amide bonds. The minimum atomic E-state index is -0.168. The van der Waals surface area contributed by atoms with Gasteiger partial charge in [0.2, 0.25) is 5.76 Å². The number of ketones is 1. The van der Waals surface area contributed by atoms with Crippen molar-refractivity contribution in [1.29, 1.82) is 5.26 Å². The zero-order valence-electron chi connectivity index (χ0n) is 7.94. The van der Waals surface area contributed by atoms with Crippen LogP contribution in [0.2, 0.25) is 0 Å². The first-order valence-corrected chi connectivity index (χ1v) is 4.30. The predicted molar refractivity (Wildman–Crippen MR) is 52.6 cm³/mol. The Kier molecular flexibility index (Phi) is 1.94. The number of carbonyl (C=O) groups is 1. The molecule has 1 aromatic heterocycles. The molecule has 4 nitrogen and oxygen atoms in total. The fraction of sp³-hybridized carbons (Fsp3) is 0.0909. The van der Waals surface area contributed by atoms with E-state index in [9.17, 15) is 9.90 Å². The maximum absolute atomic E-state index is 11.2. The second-order valence-corrected chi connectivity index (χ2v) is 3.15. The molecule has 0 fully saturated rings. The number of Topliss-reactive ketones (excluding diaryl/α,β-unsaturated/α-hetero) is 1. The Labute approximate surface area is 85.4 Å². The van der Waals surface area contributed by atoms with Gasteiger partial charge in [0, 0.05) is 6.07 Å². The molecular formula is C11H7NO3. The summed E-state index contributed by atoms with van der Waals surface area (Å²) in [4.78, 5) is 11.2. The third kappa shape index (κ3) is 1.34. The van der Waals surface area contributed by atoms with Crippen LogP contribution in [0.3, 0.4) is 0 Å². The van der Waals surface area contributed by atoms with Crippen molar-refractivity contribution in [3.63, 3.8) is 0 Å². The molecule has 0 saturated heterocycles. The number of hydrogen-bond acceptors (Lipinski definition) is 4. The topological polar surface area (TPSA) is 74.2 Å². The van der Waals surface area contributed by atoms with Crippen LogP contribution in [0, 0.1) is 11.3 Å². The van der Waals surface area contributed by atoms with Gasteiger partial charge in [-0.05, 0) is 19.1 Å². The quantitative estimate of drug-likeness (QED) is 0.718. The number of nitriles is 1. The van der Waals surface area contributed by atoms with Crippen molar-refractivity contribution in [3.05, 3.63) is 29.5 Å². The highest BCUT2D eigenvalue weighted by molar-refractivity contribution is 6.06. The van der Waals surface area contributed by atoms with Crippen LogP contribution in [0.15, 0.2) is 22.6 Å². The Morgan fingerprint density at radius 2 is 2.27 bits per heavy atom. The number of fused-ring (bicyclic) bond motifs is 1. The van der Waals surface area contributed by atoms with E-state index in [0.29, 0.717) is 10.9 Å². The molecule has 2 rings (SSSR count). The van der Waals surface area contributed by atoms with Crippen LogP contribution >= 0.6 is 0 Å². The molecule has 15 heavy (non-hydrogen) atoms. The number of rotatable bonds is 1. The minimum absolute atomic E-state index is 0.000231. The number of hydrogen-bond donors (Lipinski definition) is 1. The average Bonchev–Trinajstić information content (AvgIpc) is 2.62. The van der Waals surface area contributed by atoms with Gasteiger partial charge in [-0.1, -0.05) is 0 Å². The van der Waals surface area contributed by atoms with E-state index < -0.39 is 0 Å². The summed E-state index contributed by atoms with van der Waals surface area (Å²) in [5, 5.41) is 18.5. The third-order valence-electron chi connectivity index (χ3n) is 2.15. The van der Waals surface area contributed by atoms with Crippen LogP contribution in [0.4, 0.5) is 0 Å². The predicted octanol–water partition coefficient (Wildman–Crippen LogP) is 2.21. The third-order valence-corrected chi connectivity index (χ3v) is 2.15. The van der Waals surface area contributed by atoms with E-state index >= 15 is 0 Å². The first-order valence-electron chi connectivity index (χ1n) is 4.30. The van der Waals surface area contributed by atoms with E-state index in [2.05, 4.69) is 0 Å². The fourth-order valence-corrected chi connectivity index (χ4v) is 1.44. The summed E-state index contributed by atoms with van der Waals surface area (Å²) in [6.45, 7) is 1.40. The normalized spacial score (nSPS) is 10.1. The van der Waals surface area contributed by atoms with Crippen LogP contribution in [0.5, 0.6) is 5.75 Å². The lowest BCUT2D eigenvalue weighted by molar-refractivity contribution is 0.101. The Bertz CT molecular complexity index is 590. The smallest absolute Gasteiger partial charge is 0.204 e. The van der Waals surface area contributed by atoms with E-state index in [0.717, 1.165) is 0 Å². The lowest BCUT2D eigenvalue weighted by Crippen LogP contribution is -1.91. The van der Waals surface area contributed by atoms with Crippen LogP contribution in [0.1, 0.15) is 23.0 Å². The average molecular weight is 201 g/mol. The van der Waals surface area contributed by atoms with Crippen molar-refractivity contribution < 1.29 is 14.3 Å². The molecule has 0 unspecified atom stereocenters. The Morgan fingerprint density at radius 1 is 1.53 bits per heavy atom. The summed E-state index contributed by atoms with van der Waals surface area (Å²) in [6, 6.07) is 6.12. The monoisotopic (exact) mass is 201 g/mol. The summed E-state index contributed by atoms with van der Waals surface area (Å²) in [5.74, 6) is -0.0897. The fourth-order valence-electron chi connectivity index (χ4n) is 1.44. The number of benzene rings is 1. The molecule has 1 N–H and O–H groups in total. The van der Waals surface area contributed by atoms with Crippen LogP contribution in [-0.4, -0.2) is 10.9 Å². The molecule has 0 spiro atoms. The number of aromatic hydroxyl groups is 1. The molecule has 74 valence electrons. The van der Waals surface area contributed by atoms with Crippen molar-refractivity contribution in [2.75, 3.05) is 0 Å². The molecule has 0 saturated carbocycles. The zero-order chi connectivity index (χ0) is 11.0. The number of carbonyl (C=O) groups excluding carboxylic acids is 1. The Morgan fingerprint density at radius 3 is 2.87 bits per heavy atom. The van der Waals surface area contributed by atoms with Gasteiger partial charge in [0.05, 0.1) is 10.9 Å². The first kappa shape index (κ1) is 9.28. The molecule has 0 aliphatic heterocycles. The highest BCUT2D eigenvalue weighted by Crippen LogP contribution is 2.30. The molecule has 1 aromatic carbocycles. The summed E-state index contributed by atoms with van der Waals surface area (Å²) in [7, 11) is 0. The molecular weight excluding hydrogens is 194 g/mol. The van der Waals surface area contributed by atoms with Gasteiger partial charge >= 0.3 is 0 Å². The number of nitrogens with zero attached hydrogens (tertiary/aromatic N) is 1. The summed E-state index contributed by atoms with van der Waals surface area (Å²) < 4.78 is 5.15. The maximum Gasteiger partial charge on any atom is 0.204 e. The standard InChI is InChI=1S/C11H7NO3/c1-6(13)8-2-3-10(14)9-4-7(5-12)15-11(8)9/h2-4,14H,1H3. The molecule has 0 radical (unpaired) electrons.